The molecule has 1 aliphatic rings. The van der Waals surface area contributed by atoms with E-state index in [1.807, 2.05) is 23.1 Å². The molecule has 0 radical (unpaired) electrons. The third-order valence-corrected chi connectivity index (χ3v) is 4.25. The van der Waals surface area contributed by atoms with E-state index in [0.717, 1.165) is 24.4 Å². The van der Waals surface area contributed by atoms with Crippen molar-refractivity contribution in [1.29, 1.82) is 0 Å². The minimum Gasteiger partial charge on any atom is -0.494 e. The summed E-state index contributed by atoms with van der Waals surface area (Å²) in [6.45, 7) is 2.80. The number of fused-ring (bicyclic) bond motifs is 1. The number of ketones is 1. The molecule has 0 unspecified atom stereocenters. The number of hydrogen-bond acceptors (Lipinski definition) is 3. The first-order valence-corrected chi connectivity index (χ1v) is 8.27. The van der Waals surface area contributed by atoms with Gasteiger partial charge in [0.1, 0.15) is 5.75 Å². The topological polar surface area (TPSA) is 46.6 Å². The van der Waals surface area contributed by atoms with Gasteiger partial charge in [-0.3, -0.25) is 9.59 Å². The lowest BCUT2D eigenvalue weighted by Gasteiger charge is -2.17. The van der Waals surface area contributed by atoms with E-state index in [2.05, 4.69) is 6.07 Å². The highest BCUT2D eigenvalue weighted by molar-refractivity contribution is 5.95. The standard InChI is InChI=1S/C20H21NO3/c1-15(22)16-8-10-18(11-9-16)24-14-4-7-20(23)21-13-12-17-5-2-3-6-19(17)21/h2-3,5-6,8-11H,4,7,12-14H2,1H3. The van der Waals surface area contributed by atoms with Crippen molar-refractivity contribution in [2.45, 2.75) is 26.2 Å². The molecule has 24 heavy (non-hydrogen) atoms. The molecule has 1 aliphatic heterocycles. The summed E-state index contributed by atoms with van der Waals surface area (Å²) in [6.07, 6.45) is 2.08. The number of rotatable bonds is 6. The Balaban J connectivity index is 1.45. The highest BCUT2D eigenvalue weighted by atomic mass is 16.5. The number of hydrogen-bond donors (Lipinski definition) is 0. The lowest BCUT2D eigenvalue weighted by atomic mass is 10.1. The lowest BCUT2D eigenvalue weighted by Crippen LogP contribution is -2.28. The maximum absolute atomic E-state index is 12.4. The van der Waals surface area contributed by atoms with Crippen molar-refractivity contribution in [2.24, 2.45) is 0 Å². The van der Waals surface area contributed by atoms with E-state index in [1.165, 1.54) is 12.5 Å². The van der Waals surface area contributed by atoms with Crippen molar-refractivity contribution < 1.29 is 14.3 Å². The number of anilines is 1. The van der Waals surface area contributed by atoms with E-state index in [-0.39, 0.29) is 11.7 Å². The van der Waals surface area contributed by atoms with Crippen LogP contribution < -0.4 is 9.64 Å². The van der Waals surface area contributed by atoms with E-state index in [0.29, 0.717) is 25.0 Å². The molecule has 0 saturated carbocycles. The average molecular weight is 323 g/mol. The minimum atomic E-state index is 0.0399. The van der Waals surface area contributed by atoms with Crippen molar-refractivity contribution >= 4 is 17.4 Å². The Labute approximate surface area is 142 Å². The Morgan fingerprint density at radius 2 is 1.83 bits per heavy atom. The summed E-state index contributed by atoms with van der Waals surface area (Å²) >= 11 is 0. The van der Waals surface area contributed by atoms with Crippen molar-refractivity contribution in [1.82, 2.24) is 0 Å². The van der Waals surface area contributed by atoms with Gasteiger partial charge in [0, 0.05) is 24.2 Å². The predicted molar refractivity (Wildman–Crippen MR) is 93.7 cm³/mol. The number of Topliss-reactive ketones (excluding diaryl/α,β-unsaturated/α-hetero) is 1. The third-order valence-electron chi connectivity index (χ3n) is 4.25. The molecule has 4 heteroatoms. The molecule has 0 N–H and O–H groups in total. The van der Waals surface area contributed by atoms with Crippen LogP contribution in [-0.4, -0.2) is 24.8 Å². The Kier molecular flexibility index (Phi) is 4.94. The first-order valence-electron chi connectivity index (χ1n) is 8.27. The summed E-state index contributed by atoms with van der Waals surface area (Å²) < 4.78 is 5.64. The molecule has 2 aromatic rings. The van der Waals surface area contributed by atoms with Crippen LogP contribution in [0.4, 0.5) is 5.69 Å². The number of benzene rings is 2. The summed E-state index contributed by atoms with van der Waals surface area (Å²) in [5.41, 5.74) is 2.96. The van der Waals surface area contributed by atoms with Crippen LogP contribution in [0.1, 0.15) is 35.7 Å². The van der Waals surface area contributed by atoms with E-state index >= 15 is 0 Å². The number of ether oxygens (including phenoxy) is 1. The molecule has 0 aromatic heterocycles. The Hall–Kier alpha value is -2.62. The monoisotopic (exact) mass is 323 g/mol. The molecule has 4 nitrogen and oxygen atoms in total. The van der Waals surface area contributed by atoms with Crippen LogP contribution in [0.3, 0.4) is 0 Å². The smallest absolute Gasteiger partial charge is 0.227 e. The van der Waals surface area contributed by atoms with Gasteiger partial charge in [0.05, 0.1) is 6.61 Å². The molecule has 0 atom stereocenters. The van der Waals surface area contributed by atoms with Gasteiger partial charge in [-0.2, -0.15) is 0 Å². The summed E-state index contributed by atoms with van der Waals surface area (Å²) in [5, 5.41) is 0. The molecule has 0 bridgehead atoms. The molecule has 0 spiro atoms. The number of para-hydroxylation sites is 1. The zero-order valence-corrected chi connectivity index (χ0v) is 13.8. The van der Waals surface area contributed by atoms with Crippen LogP contribution in [0.2, 0.25) is 0 Å². The van der Waals surface area contributed by atoms with Gasteiger partial charge in [-0.1, -0.05) is 18.2 Å². The van der Waals surface area contributed by atoms with Crippen molar-refractivity contribution in [3.8, 4) is 5.75 Å². The number of amides is 1. The van der Waals surface area contributed by atoms with Gasteiger partial charge in [0.15, 0.2) is 5.78 Å². The SMILES string of the molecule is CC(=O)c1ccc(OCCCC(=O)N2CCc3ccccc32)cc1. The van der Waals surface area contributed by atoms with Crippen LogP contribution in [0.15, 0.2) is 48.5 Å². The van der Waals surface area contributed by atoms with Crippen LogP contribution in [-0.2, 0) is 11.2 Å². The van der Waals surface area contributed by atoms with E-state index in [1.54, 1.807) is 24.3 Å². The summed E-state index contributed by atoms with van der Waals surface area (Å²) in [4.78, 5) is 25.5. The van der Waals surface area contributed by atoms with Gasteiger partial charge < -0.3 is 9.64 Å². The van der Waals surface area contributed by atoms with E-state index in [4.69, 9.17) is 4.74 Å². The second-order valence-electron chi connectivity index (χ2n) is 5.96. The molecule has 0 fully saturated rings. The minimum absolute atomic E-state index is 0.0399. The average Bonchev–Trinajstić information content (AvgIpc) is 3.03. The first-order chi connectivity index (χ1) is 11.6. The second kappa shape index (κ2) is 7.30. The molecular weight excluding hydrogens is 302 g/mol. The largest absolute Gasteiger partial charge is 0.494 e. The van der Waals surface area contributed by atoms with Crippen LogP contribution in [0, 0.1) is 0 Å². The van der Waals surface area contributed by atoms with E-state index < -0.39 is 0 Å². The fourth-order valence-electron chi connectivity index (χ4n) is 2.93. The van der Waals surface area contributed by atoms with Crippen molar-refractivity contribution in [2.75, 3.05) is 18.1 Å². The quantitative estimate of drug-likeness (QED) is 0.602. The van der Waals surface area contributed by atoms with Gasteiger partial charge in [0.2, 0.25) is 5.91 Å². The highest BCUT2D eigenvalue weighted by Crippen LogP contribution is 2.28. The zero-order valence-electron chi connectivity index (χ0n) is 13.8. The molecule has 124 valence electrons. The van der Waals surface area contributed by atoms with Crippen LogP contribution in [0.5, 0.6) is 5.75 Å². The maximum Gasteiger partial charge on any atom is 0.227 e. The van der Waals surface area contributed by atoms with Gasteiger partial charge >= 0.3 is 0 Å². The Morgan fingerprint density at radius 1 is 1.08 bits per heavy atom. The normalized spacial score (nSPS) is 12.8. The van der Waals surface area contributed by atoms with E-state index in [9.17, 15) is 9.59 Å². The summed E-state index contributed by atoms with van der Waals surface area (Å²) in [7, 11) is 0. The van der Waals surface area contributed by atoms with Crippen LogP contribution in [0.25, 0.3) is 0 Å². The fraction of sp³-hybridized carbons (Fsp3) is 0.300. The Bertz CT molecular complexity index is 737. The van der Waals surface area contributed by atoms with Gasteiger partial charge in [-0.15, -0.1) is 0 Å². The zero-order chi connectivity index (χ0) is 16.9. The van der Waals surface area contributed by atoms with Gasteiger partial charge in [-0.25, -0.2) is 0 Å². The molecule has 1 amide bonds. The molecule has 0 saturated heterocycles. The number of carbonyl (C=O) groups is 2. The van der Waals surface area contributed by atoms with Crippen molar-refractivity contribution in [3.63, 3.8) is 0 Å². The maximum atomic E-state index is 12.4. The molecule has 1 heterocycles. The second-order valence-corrected chi connectivity index (χ2v) is 5.96. The number of carbonyl (C=O) groups excluding carboxylic acids is 2. The van der Waals surface area contributed by atoms with Crippen LogP contribution >= 0.6 is 0 Å². The predicted octanol–water partition coefficient (Wildman–Crippen LogP) is 3.64. The highest BCUT2D eigenvalue weighted by Gasteiger charge is 2.23. The fourth-order valence-corrected chi connectivity index (χ4v) is 2.93. The van der Waals surface area contributed by atoms with Gasteiger partial charge in [-0.05, 0) is 55.7 Å². The number of nitrogens with zero attached hydrogens (tertiary/aromatic N) is 1. The van der Waals surface area contributed by atoms with Gasteiger partial charge in [0.25, 0.3) is 0 Å². The Morgan fingerprint density at radius 3 is 2.58 bits per heavy atom. The molecule has 0 aliphatic carbocycles. The summed E-state index contributed by atoms with van der Waals surface area (Å²) in [6, 6.07) is 15.2. The molecule has 2 aromatic carbocycles. The summed E-state index contributed by atoms with van der Waals surface area (Å²) in [5.74, 6) is 0.910. The third kappa shape index (κ3) is 3.65. The molecule has 3 rings (SSSR count). The molecular formula is C20H21NO3. The lowest BCUT2D eigenvalue weighted by molar-refractivity contribution is -0.118. The van der Waals surface area contributed by atoms with Crippen molar-refractivity contribution in [3.05, 3.63) is 59.7 Å². The first kappa shape index (κ1) is 16.2.